The number of anilines is 1. The number of nitrogens with one attached hydrogen (secondary N) is 1. The van der Waals surface area contributed by atoms with Gasteiger partial charge in [0, 0.05) is 22.9 Å². The number of sulfonamides is 1. The molecule has 4 nitrogen and oxygen atoms in total. The Hall–Kier alpha value is -0.980. The molecule has 0 amide bonds. The summed E-state index contributed by atoms with van der Waals surface area (Å²) in [6.45, 7) is 3.72. The molecule has 0 unspecified atom stereocenters. The number of benzene rings is 1. The first kappa shape index (κ1) is 14.1. The highest BCUT2D eigenvalue weighted by molar-refractivity contribution is 8.00. The largest absolute Gasteiger partial charge is 0.398 e. The third-order valence-electron chi connectivity index (χ3n) is 1.98. The van der Waals surface area contributed by atoms with E-state index in [4.69, 9.17) is 5.73 Å². The van der Waals surface area contributed by atoms with E-state index in [0.717, 1.165) is 4.90 Å². The highest BCUT2D eigenvalue weighted by Crippen LogP contribution is 2.24. The minimum Gasteiger partial charge on any atom is -0.398 e. The molecule has 0 saturated carbocycles. The fraction of sp³-hybridized carbons (Fsp3) is 0.273. The first-order valence-corrected chi connectivity index (χ1v) is 7.74. The maximum absolute atomic E-state index is 11.5. The van der Waals surface area contributed by atoms with Gasteiger partial charge in [0.15, 0.2) is 0 Å². The smallest absolute Gasteiger partial charge is 0.212 e. The number of thioether (sulfide) groups is 1. The van der Waals surface area contributed by atoms with Crippen LogP contribution in [0.25, 0.3) is 0 Å². The van der Waals surface area contributed by atoms with Crippen LogP contribution >= 0.6 is 11.8 Å². The Labute approximate surface area is 106 Å². The molecule has 0 saturated heterocycles. The van der Waals surface area contributed by atoms with Crippen molar-refractivity contribution in [1.29, 1.82) is 0 Å². The van der Waals surface area contributed by atoms with Crippen molar-refractivity contribution >= 4 is 27.5 Å². The molecule has 0 atom stereocenters. The van der Waals surface area contributed by atoms with Gasteiger partial charge in [-0.2, -0.15) is 0 Å². The van der Waals surface area contributed by atoms with E-state index in [1.54, 1.807) is 6.07 Å². The van der Waals surface area contributed by atoms with Crippen molar-refractivity contribution < 1.29 is 8.42 Å². The monoisotopic (exact) mass is 272 g/mol. The Balaban J connectivity index is 2.43. The molecule has 3 N–H and O–H groups in total. The van der Waals surface area contributed by atoms with Gasteiger partial charge < -0.3 is 5.73 Å². The Morgan fingerprint density at radius 3 is 2.76 bits per heavy atom. The van der Waals surface area contributed by atoms with Gasteiger partial charge in [0.1, 0.15) is 0 Å². The normalized spacial score (nSPS) is 11.3. The van der Waals surface area contributed by atoms with Crippen LogP contribution in [0.4, 0.5) is 5.69 Å². The minimum atomic E-state index is -3.21. The zero-order valence-electron chi connectivity index (χ0n) is 9.43. The fourth-order valence-electron chi connectivity index (χ4n) is 1.13. The number of hydrogen-bond acceptors (Lipinski definition) is 4. The summed E-state index contributed by atoms with van der Waals surface area (Å²) in [6, 6.07) is 7.40. The first-order chi connectivity index (χ1) is 8.05. The lowest BCUT2D eigenvalue weighted by Gasteiger charge is -2.06. The predicted octanol–water partition coefficient (Wildman–Crippen LogP) is 1.47. The van der Waals surface area contributed by atoms with Crippen LogP contribution in [0.5, 0.6) is 0 Å². The Morgan fingerprint density at radius 1 is 1.41 bits per heavy atom. The summed E-state index contributed by atoms with van der Waals surface area (Å²) in [7, 11) is -3.21. The van der Waals surface area contributed by atoms with Crippen LogP contribution in [0, 0.1) is 0 Å². The second-order valence-corrected chi connectivity index (χ2v) is 6.41. The number of rotatable bonds is 7. The summed E-state index contributed by atoms with van der Waals surface area (Å²) in [5.74, 6) is 0.542. The lowest BCUT2D eigenvalue weighted by molar-refractivity contribution is 0.587. The Morgan fingerprint density at radius 2 is 2.12 bits per heavy atom. The van der Waals surface area contributed by atoms with E-state index in [2.05, 4.69) is 11.3 Å². The van der Waals surface area contributed by atoms with Crippen molar-refractivity contribution in [1.82, 2.24) is 4.72 Å². The lowest BCUT2D eigenvalue weighted by Crippen LogP contribution is -2.27. The molecule has 0 radical (unpaired) electrons. The van der Waals surface area contributed by atoms with Crippen molar-refractivity contribution in [3.05, 3.63) is 36.9 Å². The van der Waals surface area contributed by atoms with Crippen LogP contribution in [-0.4, -0.2) is 26.5 Å². The molecular formula is C11H16N2O2S2. The molecule has 6 heteroatoms. The quantitative estimate of drug-likeness (QED) is 0.448. The van der Waals surface area contributed by atoms with Crippen LogP contribution in [0.1, 0.15) is 0 Å². The summed E-state index contributed by atoms with van der Waals surface area (Å²) >= 11 is 1.44. The van der Waals surface area contributed by atoms with Crippen molar-refractivity contribution in [2.75, 3.05) is 23.8 Å². The number of nitrogens with two attached hydrogens (primary N) is 1. The van der Waals surface area contributed by atoms with Gasteiger partial charge in [-0.1, -0.05) is 18.2 Å². The van der Waals surface area contributed by atoms with E-state index in [0.29, 0.717) is 11.4 Å². The number of nitrogen functional groups attached to an aromatic ring is 1. The fourth-order valence-corrected chi connectivity index (χ4v) is 3.49. The molecule has 1 rings (SSSR count). The van der Waals surface area contributed by atoms with E-state index in [1.165, 1.54) is 17.8 Å². The van der Waals surface area contributed by atoms with Crippen molar-refractivity contribution in [2.45, 2.75) is 4.90 Å². The molecule has 0 aliphatic rings. The summed E-state index contributed by atoms with van der Waals surface area (Å²) in [6.07, 6.45) is 1.51. The van der Waals surface area contributed by atoms with Gasteiger partial charge in [0.25, 0.3) is 0 Å². The van der Waals surface area contributed by atoms with Gasteiger partial charge in [-0.15, -0.1) is 18.3 Å². The van der Waals surface area contributed by atoms with E-state index in [9.17, 15) is 8.42 Å². The molecule has 1 aromatic carbocycles. The molecule has 0 aliphatic heterocycles. The SMILES string of the molecule is C=CCNS(=O)(=O)CCSc1ccccc1N. The van der Waals surface area contributed by atoms with Crippen LogP contribution < -0.4 is 10.5 Å². The zero-order valence-corrected chi connectivity index (χ0v) is 11.1. The van der Waals surface area contributed by atoms with Gasteiger partial charge in [-0.3, -0.25) is 0 Å². The Bertz CT molecular complexity index is 472. The maximum Gasteiger partial charge on any atom is 0.212 e. The third-order valence-corrected chi connectivity index (χ3v) is 4.67. The van der Waals surface area contributed by atoms with Gasteiger partial charge in [-0.05, 0) is 12.1 Å². The van der Waals surface area contributed by atoms with E-state index < -0.39 is 10.0 Å². The number of hydrogen-bond donors (Lipinski definition) is 2. The average molecular weight is 272 g/mol. The first-order valence-electron chi connectivity index (χ1n) is 5.11. The summed E-state index contributed by atoms with van der Waals surface area (Å²) in [5, 5.41) is 0. The van der Waals surface area contributed by atoms with Crippen molar-refractivity contribution in [2.24, 2.45) is 0 Å². The second-order valence-electron chi connectivity index (χ2n) is 3.34. The number of para-hydroxylation sites is 1. The molecule has 0 heterocycles. The van der Waals surface area contributed by atoms with Gasteiger partial charge in [-0.25, -0.2) is 13.1 Å². The van der Waals surface area contributed by atoms with E-state index >= 15 is 0 Å². The molecule has 0 aromatic heterocycles. The predicted molar refractivity (Wildman–Crippen MR) is 73.6 cm³/mol. The Kier molecular flexibility index (Phi) is 5.54. The van der Waals surface area contributed by atoms with E-state index in [1.807, 2.05) is 18.2 Å². The standard InChI is InChI=1S/C11H16N2O2S2/c1-2-7-13-17(14,15)9-8-16-11-6-4-3-5-10(11)12/h2-6,13H,1,7-9,12H2. The molecule has 1 aromatic rings. The van der Waals surface area contributed by atoms with Crippen LogP contribution in [0.15, 0.2) is 41.8 Å². The van der Waals surface area contributed by atoms with Crippen LogP contribution in [0.3, 0.4) is 0 Å². The van der Waals surface area contributed by atoms with Gasteiger partial charge >= 0.3 is 0 Å². The maximum atomic E-state index is 11.5. The van der Waals surface area contributed by atoms with Crippen molar-refractivity contribution in [3.63, 3.8) is 0 Å². The molecular weight excluding hydrogens is 256 g/mol. The average Bonchev–Trinajstić information content (AvgIpc) is 2.29. The highest BCUT2D eigenvalue weighted by Gasteiger charge is 2.09. The minimum absolute atomic E-state index is 0.0693. The summed E-state index contributed by atoms with van der Waals surface area (Å²) in [5.41, 5.74) is 6.43. The van der Waals surface area contributed by atoms with Crippen molar-refractivity contribution in [3.8, 4) is 0 Å². The molecule has 0 bridgehead atoms. The highest BCUT2D eigenvalue weighted by atomic mass is 32.2. The zero-order chi connectivity index (χ0) is 12.7. The molecule has 94 valence electrons. The van der Waals surface area contributed by atoms with Gasteiger partial charge in [0.05, 0.1) is 5.75 Å². The van der Waals surface area contributed by atoms with Crippen LogP contribution in [0.2, 0.25) is 0 Å². The summed E-state index contributed by atoms with van der Waals surface area (Å²) < 4.78 is 25.3. The van der Waals surface area contributed by atoms with Gasteiger partial charge in [0.2, 0.25) is 10.0 Å². The molecule has 0 spiro atoms. The summed E-state index contributed by atoms with van der Waals surface area (Å²) in [4.78, 5) is 0.909. The topological polar surface area (TPSA) is 72.2 Å². The van der Waals surface area contributed by atoms with E-state index in [-0.39, 0.29) is 12.3 Å². The molecule has 17 heavy (non-hydrogen) atoms. The second kappa shape index (κ2) is 6.68. The lowest BCUT2D eigenvalue weighted by atomic mass is 10.3. The van der Waals surface area contributed by atoms with Crippen LogP contribution in [-0.2, 0) is 10.0 Å². The molecule has 0 fully saturated rings. The molecule has 0 aliphatic carbocycles. The third kappa shape index (κ3) is 5.25.